The van der Waals surface area contributed by atoms with Gasteiger partial charge in [-0.15, -0.1) is 0 Å². The van der Waals surface area contributed by atoms with Gasteiger partial charge in [0.1, 0.15) is 152 Å². The predicted molar refractivity (Wildman–Crippen MR) is 382 cm³/mol. The molecule has 8 saturated heterocycles. The molecule has 116 heavy (non-hydrogen) atoms. The van der Waals surface area contributed by atoms with Gasteiger partial charge in [-0.1, -0.05) is 60.1 Å². The third-order valence-corrected chi connectivity index (χ3v) is 29.6. The highest BCUT2D eigenvalue weighted by Crippen LogP contribution is 2.76. The summed E-state index contributed by atoms with van der Waals surface area (Å²) in [5, 5.41) is 221. The van der Waals surface area contributed by atoms with Gasteiger partial charge in [0.05, 0.1) is 63.1 Å². The lowest BCUT2D eigenvalue weighted by Crippen LogP contribution is -2.70. The van der Waals surface area contributed by atoms with Crippen molar-refractivity contribution in [3.05, 3.63) is 11.6 Å². The molecule has 0 aromatic carbocycles. The maximum absolute atomic E-state index is 16.2. The van der Waals surface area contributed by atoms with E-state index in [-0.39, 0.29) is 42.4 Å². The number of methoxy groups -OCH3 is 1. The number of allylic oxidation sites excluding steroid dienone is 2. The molecule has 0 aromatic rings. The third kappa shape index (κ3) is 15.8. The van der Waals surface area contributed by atoms with Gasteiger partial charge in [-0.3, -0.25) is 4.79 Å². The van der Waals surface area contributed by atoms with Crippen molar-refractivity contribution in [2.75, 3.05) is 40.1 Å². The first-order chi connectivity index (χ1) is 54.5. The van der Waals surface area contributed by atoms with Gasteiger partial charge in [0, 0.05) is 7.11 Å². The fourth-order valence-corrected chi connectivity index (χ4v) is 21.9. The Balaban J connectivity index is 0.762. The van der Waals surface area contributed by atoms with E-state index in [9.17, 15) is 107 Å². The molecule has 8 aliphatic heterocycles. The number of fused-ring (bicyclic) bond motifs is 7. The standard InChI is InChI=1S/C77H124O39/c1-27-28(2)55(109-68-54(96)59(113-66-50(92)46(88)44(86)36(22-78)106-66)56(30(4)105-68)110-65-53(95)57(35(82)26-103-65)111-63-48(90)42(84)33(80)24-101-63)69(104-29(27)3)116-71(99)77-19-18-72(5,6)20-32(77)31-12-13-38-73(7)16-15-41(76(10,100-11)39(73)14-17-74(38,8)75(31,9)21-40(77)83)108-70-61(115-67-51(93)47(89)45(87)37(23-79)107-67)58(52(94)60(114-70)62(97)98)112-64-49(91)43(85)34(81)25-102-64/h12,27-30,32-61,63-70,78-96H,13-26H2,1-11H3,(H,97,98)/t27-,28+,29?,30?,32?,33-,34-,35-,36?,37?,38?,39-,40+,41+,42+,43+,44-,45+,46+,47+,48?,49?,50?,51?,52+,53?,54+,55?,56+,57+,58+,59?,60?,61?,63+,64+,65+,66+,67+,68?,69+,70-,73?,74?,75-,76?,77?/m1/s1. The van der Waals surface area contributed by atoms with E-state index in [0.29, 0.717) is 38.5 Å². The normalized spacial score (nSPS) is 55.0. The summed E-state index contributed by atoms with van der Waals surface area (Å²) in [5.41, 5.74) is -4.20. The van der Waals surface area contributed by atoms with Crippen LogP contribution in [0, 0.1) is 56.7 Å². The van der Waals surface area contributed by atoms with Crippen molar-refractivity contribution >= 4 is 11.9 Å². The second-order valence-corrected chi connectivity index (χ2v) is 36.6. The van der Waals surface area contributed by atoms with Gasteiger partial charge in [0.2, 0.25) is 6.29 Å². The van der Waals surface area contributed by atoms with E-state index in [1.807, 2.05) is 20.8 Å². The molecule has 0 bridgehead atoms. The number of ether oxygens (including phenoxy) is 17. The number of hydrogen-bond donors (Lipinski definition) is 20. The molecule has 0 radical (unpaired) electrons. The Morgan fingerprint density at radius 1 is 0.448 bits per heavy atom. The Morgan fingerprint density at radius 2 is 0.940 bits per heavy atom. The molecule has 12 fully saturated rings. The molecule has 39 heteroatoms. The van der Waals surface area contributed by atoms with E-state index >= 15 is 4.79 Å². The van der Waals surface area contributed by atoms with Crippen LogP contribution in [0.3, 0.4) is 0 Å². The zero-order chi connectivity index (χ0) is 84.6. The number of aliphatic hydroxyl groups excluding tert-OH is 19. The molecule has 13 aliphatic rings. The van der Waals surface area contributed by atoms with Crippen molar-refractivity contribution in [3.63, 3.8) is 0 Å². The molecule has 20 N–H and O–H groups in total. The van der Waals surface area contributed by atoms with E-state index < -0.39 is 311 Å². The van der Waals surface area contributed by atoms with Crippen LogP contribution in [0.25, 0.3) is 0 Å². The van der Waals surface area contributed by atoms with E-state index in [0.717, 1.165) is 5.57 Å². The Kier molecular flexibility index (Phi) is 27.2. The molecule has 8 heterocycles. The molecular formula is C77H124O39. The van der Waals surface area contributed by atoms with Gasteiger partial charge in [-0.25, -0.2) is 4.79 Å². The Morgan fingerprint density at radius 3 is 1.51 bits per heavy atom. The Bertz CT molecular complexity index is 3380. The molecule has 0 aromatic heterocycles. The smallest absolute Gasteiger partial charge is 0.335 e. The SMILES string of the molecule is COC1(C)[C@@H](O[C@@H]2OC(C(=O)O)[C@@H](O)[C@H](O[C@@H]3OC[C@@H](O)[C@H](O)C3O)C2O[C@@H]2OC(CO)[C@H](O)[C@H](O)C2O)CCC2(C)C3CC=C4C5CC(C)(C)CCC5(C(=O)O[C@@H]5OC(C)[C@H](C)[C@H](C)C5OC5OC(C)[C@H](O[C@@H]6OC[C@@H](O)[C@H](O[C@@H]7OC[C@@H](O)[C@H](O)C7O)C6O)C(O[C@@H]6OC(CO)[C@@H](O)[C@H](O)C6O)[C@@H]5O)[C@@H](O)C[C@@]4(C)C3(C)CC[C@H]21. The number of aliphatic hydroxyl groups is 19. The summed E-state index contributed by atoms with van der Waals surface area (Å²) in [5.74, 6) is -4.44. The van der Waals surface area contributed by atoms with Gasteiger partial charge in [0.25, 0.3) is 0 Å². The summed E-state index contributed by atoms with van der Waals surface area (Å²) in [6.07, 6.45) is -58.0. The average molecular weight is 1670 g/mol. The molecule has 13 rings (SSSR count). The summed E-state index contributed by atoms with van der Waals surface area (Å²) in [4.78, 5) is 29.3. The van der Waals surface area contributed by atoms with Crippen LogP contribution < -0.4 is 0 Å². The molecular weight excluding hydrogens is 1550 g/mol. The van der Waals surface area contributed by atoms with E-state index in [4.69, 9.17) is 80.5 Å². The highest BCUT2D eigenvalue weighted by molar-refractivity contribution is 5.80. The first-order valence-corrected chi connectivity index (χ1v) is 40.7. The third-order valence-electron chi connectivity index (χ3n) is 29.6. The molecule has 4 saturated carbocycles. The quantitative estimate of drug-likeness (QED) is 0.0307. The fourth-order valence-electron chi connectivity index (χ4n) is 21.9. The average Bonchev–Trinajstić information content (AvgIpc) is 0.669. The first kappa shape index (κ1) is 91.0. The van der Waals surface area contributed by atoms with Crippen LogP contribution >= 0.6 is 0 Å². The van der Waals surface area contributed by atoms with Crippen molar-refractivity contribution in [2.45, 2.75) is 360 Å². The molecule has 47 atom stereocenters. The minimum Gasteiger partial charge on any atom is -0.479 e. The number of aliphatic carboxylic acids is 1. The fraction of sp³-hybridized carbons (Fsp3) is 0.948. The summed E-state index contributed by atoms with van der Waals surface area (Å²) >= 11 is 0. The lowest BCUT2D eigenvalue weighted by atomic mass is 9.34. The summed E-state index contributed by atoms with van der Waals surface area (Å²) < 4.78 is 105. The van der Waals surface area contributed by atoms with E-state index in [1.54, 1.807) is 6.92 Å². The summed E-state index contributed by atoms with van der Waals surface area (Å²) in [6.45, 7) is 16.4. The first-order valence-electron chi connectivity index (χ1n) is 40.7. The number of carboxylic acids is 1. The van der Waals surface area contributed by atoms with Gasteiger partial charge in [0.15, 0.2) is 50.1 Å². The molecule has 39 nitrogen and oxygen atoms in total. The Labute approximate surface area is 670 Å². The molecule has 20 unspecified atom stereocenters. The molecule has 5 aliphatic carbocycles. The minimum absolute atomic E-state index is 0.113. The van der Waals surface area contributed by atoms with Crippen LogP contribution in [-0.2, 0) is 90.1 Å². The minimum atomic E-state index is -2.19. The van der Waals surface area contributed by atoms with Crippen LogP contribution in [0.2, 0.25) is 0 Å². The Hall–Kier alpha value is -2.72. The number of esters is 1. The number of hydrogen-bond acceptors (Lipinski definition) is 38. The summed E-state index contributed by atoms with van der Waals surface area (Å²) in [6, 6.07) is 0. The van der Waals surface area contributed by atoms with Gasteiger partial charge >= 0.3 is 11.9 Å². The van der Waals surface area contributed by atoms with Crippen molar-refractivity contribution in [1.29, 1.82) is 0 Å². The zero-order valence-corrected chi connectivity index (χ0v) is 66.9. The highest BCUT2D eigenvalue weighted by Gasteiger charge is 2.74. The summed E-state index contributed by atoms with van der Waals surface area (Å²) in [7, 11) is 1.52. The number of rotatable bonds is 20. The van der Waals surface area contributed by atoms with Crippen molar-refractivity contribution in [3.8, 4) is 0 Å². The van der Waals surface area contributed by atoms with Crippen molar-refractivity contribution in [1.82, 2.24) is 0 Å². The zero-order valence-electron chi connectivity index (χ0n) is 66.9. The van der Waals surface area contributed by atoms with E-state index in [2.05, 4.69) is 40.7 Å². The van der Waals surface area contributed by atoms with Gasteiger partial charge < -0.3 is 183 Å². The van der Waals surface area contributed by atoms with Crippen LogP contribution in [0.1, 0.15) is 127 Å². The van der Waals surface area contributed by atoms with Crippen molar-refractivity contribution < 1.29 is 192 Å². The maximum atomic E-state index is 16.2. The lowest BCUT2D eigenvalue weighted by molar-refractivity contribution is -0.395. The predicted octanol–water partition coefficient (Wildman–Crippen LogP) is -5.77. The molecule has 0 amide bonds. The van der Waals surface area contributed by atoms with Gasteiger partial charge in [-0.2, -0.15) is 0 Å². The lowest BCUT2D eigenvalue weighted by Gasteiger charge is -2.71. The van der Waals surface area contributed by atoms with Crippen LogP contribution in [0.4, 0.5) is 0 Å². The van der Waals surface area contributed by atoms with Crippen LogP contribution in [-0.4, -0.2) is 387 Å². The monoisotopic (exact) mass is 1670 g/mol. The second-order valence-electron chi connectivity index (χ2n) is 36.6. The largest absolute Gasteiger partial charge is 0.479 e. The molecule has 0 spiro atoms. The number of carboxylic acid groups (broad SMARTS) is 1. The van der Waals surface area contributed by atoms with Crippen molar-refractivity contribution in [2.24, 2.45) is 56.7 Å². The second kappa shape index (κ2) is 34.7. The van der Waals surface area contributed by atoms with Crippen LogP contribution in [0.15, 0.2) is 11.6 Å². The number of carbonyl (C=O) groups is 2. The maximum Gasteiger partial charge on any atom is 0.335 e. The number of carbonyl (C=O) groups excluding carboxylic acids is 1. The van der Waals surface area contributed by atoms with E-state index in [1.165, 1.54) is 14.0 Å². The van der Waals surface area contributed by atoms with Gasteiger partial charge in [-0.05, 0) is 130 Å². The molecule has 666 valence electrons. The highest BCUT2D eigenvalue weighted by atomic mass is 16.8. The van der Waals surface area contributed by atoms with Crippen LogP contribution in [0.5, 0.6) is 0 Å². The topological polar surface area (TPSA) is 596 Å².